The van der Waals surface area contributed by atoms with Crippen molar-refractivity contribution in [3.05, 3.63) is 66.5 Å². The molecule has 0 aliphatic rings. The van der Waals surface area contributed by atoms with E-state index in [0.717, 1.165) is 6.42 Å². The van der Waals surface area contributed by atoms with E-state index >= 15 is 0 Å². The molecule has 0 aliphatic heterocycles. The van der Waals surface area contributed by atoms with Gasteiger partial charge in [0.1, 0.15) is 0 Å². The maximum absolute atomic E-state index is 4.13. The number of nitrogens with zero attached hydrogens (tertiary/aromatic N) is 1. The van der Waals surface area contributed by atoms with Crippen molar-refractivity contribution in [3.8, 4) is 11.1 Å². The molecule has 0 saturated heterocycles. The Bertz CT molecular complexity index is 500. The summed E-state index contributed by atoms with van der Waals surface area (Å²) in [5.74, 6) is 0. The van der Waals surface area contributed by atoms with Gasteiger partial charge >= 0.3 is 0 Å². The Balaban J connectivity index is 2.55. The van der Waals surface area contributed by atoms with Crippen molar-refractivity contribution < 1.29 is 0 Å². The van der Waals surface area contributed by atoms with Crippen LogP contribution in [0.1, 0.15) is 11.1 Å². The number of hydrogen-bond donors (Lipinski definition) is 0. The van der Waals surface area contributed by atoms with Crippen LogP contribution in [0, 0.1) is 6.92 Å². The lowest BCUT2D eigenvalue weighted by Crippen LogP contribution is -1.90. The summed E-state index contributed by atoms with van der Waals surface area (Å²) < 4.78 is 0. The van der Waals surface area contributed by atoms with Crippen LogP contribution < -0.4 is 0 Å². The number of hydrogen-bond acceptors (Lipinski definition) is 1. The zero-order valence-electron chi connectivity index (χ0n) is 9.48. The second-order valence-corrected chi connectivity index (χ2v) is 3.84. The Morgan fingerprint density at radius 1 is 1.19 bits per heavy atom. The van der Waals surface area contributed by atoms with Gasteiger partial charge in [-0.15, -0.1) is 6.58 Å². The van der Waals surface area contributed by atoms with Crippen LogP contribution in [0.25, 0.3) is 11.1 Å². The summed E-state index contributed by atoms with van der Waals surface area (Å²) >= 11 is 0. The zero-order chi connectivity index (χ0) is 11.4. The lowest BCUT2D eigenvalue weighted by Gasteiger charge is -2.10. The van der Waals surface area contributed by atoms with Crippen LogP contribution in [-0.4, -0.2) is 4.98 Å². The minimum Gasteiger partial charge on any atom is -0.264 e. The highest BCUT2D eigenvalue weighted by atomic mass is 14.6. The van der Waals surface area contributed by atoms with Crippen LogP contribution in [0.3, 0.4) is 0 Å². The van der Waals surface area contributed by atoms with Crippen molar-refractivity contribution in [2.75, 3.05) is 0 Å². The summed E-state index contributed by atoms with van der Waals surface area (Å²) in [6.07, 6.45) is 6.58. The van der Waals surface area contributed by atoms with Gasteiger partial charge in [-0.3, -0.25) is 4.98 Å². The zero-order valence-corrected chi connectivity index (χ0v) is 9.48. The van der Waals surface area contributed by atoms with Crippen LogP contribution in [0.2, 0.25) is 0 Å². The molecular weight excluding hydrogens is 194 g/mol. The molecule has 2 rings (SSSR count). The fourth-order valence-electron chi connectivity index (χ4n) is 1.89. The smallest absolute Gasteiger partial charge is 0.0303 e. The van der Waals surface area contributed by atoms with E-state index in [9.17, 15) is 0 Å². The van der Waals surface area contributed by atoms with E-state index in [1.165, 1.54) is 22.3 Å². The van der Waals surface area contributed by atoms with Gasteiger partial charge in [0.2, 0.25) is 0 Å². The Hall–Kier alpha value is -1.89. The minimum absolute atomic E-state index is 0.901. The van der Waals surface area contributed by atoms with Crippen LogP contribution in [-0.2, 0) is 6.42 Å². The average Bonchev–Trinajstić information content (AvgIpc) is 2.31. The van der Waals surface area contributed by atoms with Crippen LogP contribution in [0.4, 0.5) is 0 Å². The first-order chi connectivity index (χ1) is 7.83. The van der Waals surface area contributed by atoms with Gasteiger partial charge in [0, 0.05) is 12.4 Å². The highest BCUT2D eigenvalue weighted by Crippen LogP contribution is 2.26. The predicted octanol–water partition coefficient (Wildman–Crippen LogP) is 3.79. The van der Waals surface area contributed by atoms with Gasteiger partial charge in [0.25, 0.3) is 0 Å². The molecule has 0 amide bonds. The predicted molar refractivity (Wildman–Crippen MR) is 68.3 cm³/mol. The summed E-state index contributed by atoms with van der Waals surface area (Å²) in [5.41, 5.74) is 5.06. The molecule has 1 heterocycles. The van der Waals surface area contributed by atoms with Crippen molar-refractivity contribution >= 4 is 0 Å². The standard InChI is InChI=1S/C15H15N/c1-3-6-13-7-4-5-8-15(13)14-9-10-16-11-12(14)2/h3-5,7-11H,1,6H2,2H3. The summed E-state index contributed by atoms with van der Waals surface area (Å²) in [4.78, 5) is 4.13. The summed E-state index contributed by atoms with van der Waals surface area (Å²) in [5, 5.41) is 0. The van der Waals surface area contributed by atoms with E-state index < -0.39 is 0 Å². The second-order valence-electron chi connectivity index (χ2n) is 3.84. The van der Waals surface area contributed by atoms with E-state index in [1.807, 2.05) is 18.5 Å². The Kier molecular flexibility index (Phi) is 3.16. The van der Waals surface area contributed by atoms with Crippen LogP contribution in [0.5, 0.6) is 0 Å². The quantitative estimate of drug-likeness (QED) is 0.701. The first-order valence-electron chi connectivity index (χ1n) is 5.42. The van der Waals surface area contributed by atoms with E-state index in [4.69, 9.17) is 0 Å². The summed E-state index contributed by atoms with van der Waals surface area (Å²) in [7, 11) is 0. The molecule has 16 heavy (non-hydrogen) atoms. The lowest BCUT2D eigenvalue weighted by atomic mass is 9.96. The molecule has 0 unspecified atom stereocenters. The van der Waals surface area contributed by atoms with Crippen LogP contribution >= 0.6 is 0 Å². The van der Waals surface area contributed by atoms with E-state index in [-0.39, 0.29) is 0 Å². The van der Waals surface area contributed by atoms with Crippen molar-refractivity contribution in [1.29, 1.82) is 0 Å². The van der Waals surface area contributed by atoms with Gasteiger partial charge in [0.15, 0.2) is 0 Å². The molecule has 0 bridgehead atoms. The van der Waals surface area contributed by atoms with Crippen molar-refractivity contribution in [3.63, 3.8) is 0 Å². The molecule has 0 aliphatic carbocycles. The molecule has 1 heteroatoms. The van der Waals surface area contributed by atoms with Crippen molar-refractivity contribution in [2.24, 2.45) is 0 Å². The van der Waals surface area contributed by atoms with Crippen LogP contribution in [0.15, 0.2) is 55.4 Å². The molecule has 2 aromatic rings. The molecule has 0 spiro atoms. The largest absolute Gasteiger partial charge is 0.264 e. The third-order valence-corrected chi connectivity index (χ3v) is 2.69. The minimum atomic E-state index is 0.901. The summed E-state index contributed by atoms with van der Waals surface area (Å²) in [6, 6.07) is 10.5. The number of rotatable bonds is 3. The lowest BCUT2D eigenvalue weighted by molar-refractivity contribution is 1.24. The van der Waals surface area contributed by atoms with Gasteiger partial charge < -0.3 is 0 Å². The number of allylic oxidation sites excluding steroid dienone is 1. The second kappa shape index (κ2) is 4.75. The number of benzene rings is 1. The first-order valence-corrected chi connectivity index (χ1v) is 5.42. The number of aromatic nitrogens is 1. The fraction of sp³-hybridized carbons (Fsp3) is 0.133. The first kappa shape index (κ1) is 10.6. The Morgan fingerprint density at radius 3 is 2.75 bits per heavy atom. The molecule has 1 aromatic heterocycles. The molecule has 0 fully saturated rings. The van der Waals surface area contributed by atoms with Gasteiger partial charge in [-0.2, -0.15) is 0 Å². The molecule has 0 N–H and O–H groups in total. The molecule has 1 aromatic carbocycles. The third kappa shape index (κ3) is 2.03. The summed E-state index contributed by atoms with van der Waals surface area (Å²) in [6.45, 7) is 5.89. The number of pyridine rings is 1. The molecule has 1 nitrogen and oxygen atoms in total. The van der Waals surface area contributed by atoms with E-state index in [2.05, 4.69) is 48.8 Å². The van der Waals surface area contributed by atoms with Gasteiger partial charge in [-0.1, -0.05) is 30.3 Å². The monoisotopic (exact) mass is 209 g/mol. The maximum atomic E-state index is 4.13. The van der Waals surface area contributed by atoms with E-state index in [0.29, 0.717) is 0 Å². The van der Waals surface area contributed by atoms with Gasteiger partial charge in [0.05, 0.1) is 0 Å². The molecular formula is C15H15N. The highest BCUT2D eigenvalue weighted by Gasteiger charge is 2.05. The molecule has 0 atom stereocenters. The third-order valence-electron chi connectivity index (χ3n) is 2.69. The maximum Gasteiger partial charge on any atom is 0.0303 e. The van der Waals surface area contributed by atoms with Gasteiger partial charge in [-0.05, 0) is 41.7 Å². The highest BCUT2D eigenvalue weighted by molar-refractivity contribution is 5.70. The fourth-order valence-corrected chi connectivity index (χ4v) is 1.89. The molecule has 0 radical (unpaired) electrons. The van der Waals surface area contributed by atoms with Gasteiger partial charge in [-0.25, -0.2) is 0 Å². The van der Waals surface area contributed by atoms with Crippen molar-refractivity contribution in [1.82, 2.24) is 4.98 Å². The number of aryl methyl sites for hydroxylation is 1. The molecule has 0 saturated carbocycles. The SMILES string of the molecule is C=CCc1ccccc1-c1ccncc1C. The van der Waals surface area contributed by atoms with E-state index in [1.54, 1.807) is 0 Å². The molecule has 80 valence electrons. The average molecular weight is 209 g/mol. The Morgan fingerprint density at radius 2 is 2.00 bits per heavy atom. The topological polar surface area (TPSA) is 12.9 Å². The Labute approximate surface area is 96.5 Å². The normalized spacial score (nSPS) is 10.1. The van der Waals surface area contributed by atoms with Crippen molar-refractivity contribution in [2.45, 2.75) is 13.3 Å².